The van der Waals surface area contributed by atoms with Crippen LogP contribution in [-0.4, -0.2) is 29.9 Å². The Morgan fingerprint density at radius 2 is 1.87 bits per heavy atom. The Balaban J connectivity index is 1.40. The number of carbonyl (C=O) groups excluding carboxylic acids is 2. The van der Waals surface area contributed by atoms with Crippen molar-refractivity contribution in [3.8, 4) is 17.2 Å². The number of benzene rings is 2. The first kappa shape index (κ1) is 20.5. The van der Waals surface area contributed by atoms with Crippen LogP contribution < -0.4 is 14.8 Å². The highest BCUT2D eigenvalue weighted by Gasteiger charge is 2.34. The maximum absolute atomic E-state index is 12.8. The lowest BCUT2D eigenvalue weighted by atomic mass is 10.1. The molecule has 7 nitrogen and oxygen atoms in total. The summed E-state index contributed by atoms with van der Waals surface area (Å²) in [6, 6.07) is 18.1. The molecule has 1 saturated heterocycles. The molecular formula is C24H24N2O5. The number of hydrogen-bond acceptors (Lipinski definition) is 5. The summed E-state index contributed by atoms with van der Waals surface area (Å²) in [7, 11) is 0. The Labute approximate surface area is 180 Å². The second-order valence-corrected chi connectivity index (χ2v) is 7.25. The van der Waals surface area contributed by atoms with E-state index in [9.17, 15) is 9.59 Å². The van der Waals surface area contributed by atoms with Crippen LogP contribution in [-0.2, 0) is 16.1 Å². The molecular weight excluding hydrogens is 396 g/mol. The normalized spacial score (nSPS) is 15.7. The number of nitrogens with one attached hydrogen (secondary N) is 1. The van der Waals surface area contributed by atoms with Gasteiger partial charge in [0.15, 0.2) is 5.75 Å². The lowest BCUT2D eigenvalue weighted by Gasteiger charge is -2.16. The van der Waals surface area contributed by atoms with Gasteiger partial charge in [-0.2, -0.15) is 0 Å². The van der Waals surface area contributed by atoms with E-state index in [4.69, 9.17) is 13.9 Å². The van der Waals surface area contributed by atoms with Crippen LogP contribution in [0.2, 0.25) is 0 Å². The number of furan rings is 1. The molecule has 0 bridgehead atoms. The molecule has 2 amide bonds. The molecule has 4 rings (SSSR count). The van der Waals surface area contributed by atoms with Gasteiger partial charge in [-0.1, -0.05) is 12.1 Å². The Hall–Kier alpha value is -3.74. The van der Waals surface area contributed by atoms with Crippen LogP contribution in [0.15, 0.2) is 71.3 Å². The Morgan fingerprint density at radius 1 is 1.10 bits per heavy atom. The first-order chi connectivity index (χ1) is 15.1. The van der Waals surface area contributed by atoms with E-state index >= 15 is 0 Å². The summed E-state index contributed by atoms with van der Waals surface area (Å²) in [5.41, 5.74) is 0.554. The van der Waals surface area contributed by atoms with Gasteiger partial charge < -0.3 is 24.1 Å². The molecule has 1 aliphatic rings. The second-order valence-electron chi connectivity index (χ2n) is 7.25. The number of para-hydroxylation sites is 2. The van der Waals surface area contributed by atoms with Gasteiger partial charge in [-0.3, -0.25) is 9.59 Å². The van der Waals surface area contributed by atoms with Gasteiger partial charge >= 0.3 is 0 Å². The third-order valence-electron chi connectivity index (χ3n) is 5.02. The second kappa shape index (κ2) is 9.38. The monoisotopic (exact) mass is 420 g/mol. The van der Waals surface area contributed by atoms with Crippen LogP contribution in [0.4, 0.5) is 5.69 Å². The molecule has 0 aliphatic carbocycles. The molecule has 31 heavy (non-hydrogen) atoms. The lowest BCUT2D eigenvalue weighted by molar-refractivity contribution is -0.128. The Bertz CT molecular complexity index is 1030. The van der Waals surface area contributed by atoms with Crippen LogP contribution in [0.5, 0.6) is 17.2 Å². The Morgan fingerprint density at radius 3 is 2.61 bits per heavy atom. The minimum atomic E-state index is -0.430. The van der Waals surface area contributed by atoms with Crippen LogP contribution in [0.25, 0.3) is 0 Å². The summed E-state index contributed by atoms with van der Waals surface area (Å²) < 4.78 is 16.7. The maximum atomic E-state index is 12.8. The fourth-order valence-corrected chi connectivity index (χ4v) is 3.48. The van der Waals surface area contributed by atoms with E-state index in [1.54, 1.807) is 29.4 Å². The quantitative estimate of drug-likeness (QED) is 0.582. The fraction of sp³-hybridized carbons (Fsp3) is 0.250. The van der Waals surface area contributed by atoms with Crippen molar-refractivity contribution in [1.29, 1.82) is 0 Å². The molecule has 1 N–H and O–H groups in total. The number of anilines is 1. The number of carbonyl (C=O) groups is 2. The molecule has 1 atom stereocenters. The lowest BCUT2D eigenvalue weighted by Crippen LogP contribution is -2.28. The zero-order chi connectivity index (χ0) is 21.6. The maximum Gasteiger partial charge on any atom is 0.229 e. The Kier molecular flexibility index (Phi) is 6.21. The number of nitrogens with zero attached hydrogens (tertiary/aromatic N) is 1. The summed E-state index contributed by atoms with van der Waals surface area (Å²) >= 11 is 0. The van der Waals surface area contributed by atoms with E-state index < -0.39 is 5.92 Å². The van der Waals surface area contributed by atoms with E-state index in [0.717, 1.165) is 5.75 Å². The minimum Gasteiger partial charge on any atom is -0.494 e. The van der Waals surface area contributed by atoms with Gasteiger partial charge in [0, 0.05) is 13.0 Å². The summed E-state index contributed by atoms with van der Waals surface area (Å²) in [6.07, 6.45) is 1.75. The highest BCUT2D eigenvalue weighted by Crippen LogP contribution is 2.31. The van der Waals surface area contributed by atoms with Gasteiger partial charge in [0.25, 0.3) is 0 Å². The van der Waals surface area contributed by atoms with Crippen LogP contribution in [0.1, 0.15) is 19.1 Å². The first-order valence-electron chi connectivity index (χ1n) is 10.2. The van der Waals surface area contributed by atoms with Crippen molar-refractivity contribution < 1.29 is 23.5 Å². The van der Waals surface area contributed by atoms with Gasteiger partial charge in [-0.25, -0.2) is 0 Å². The van der Waals surface area contributed by atoms with E-state index in [2.05, 4.69) is 5.32 Å². The number of rotatable bonds is 8. The van der Waals surface area contributed by atoms with Gasteiger partial charge in [0.1, 0.15) is 17.3 Å². The van der Waals surface area contributed by atoms with Crippen LogP contribution in [0.3, 0.4) is 0 Å². The largest absolute Gasteiger partial charge is 0.494 e. The molecule has 0 radical (unpaired) electrons. The average molecular weight is 420 g/mol. The van der Waals surface area contributed by atoms with E-state index in [-0.39, 0.29) is 18.2 Å². The summed E-state index contributed by atoms with van der Waals surface area (Å²) in [4.78, 5) is 26.8. The number of hydrogen-bond donors (Lipinski definition) is 1. The van der Waals surface area contributed by atoms with Gasteiger partial charge in [0.05, 0.1) is 31.0 Å². The van der Waals surface area contributed by atoms with Gasteiger partial charge in [-0.15, -0.1) is 0 Å². The molecule has 3 aromatic rings. The van der Waals surface area contributed by atoms with E-state index in [1.807, 2.05) is 49.4 Å². The van der Waals surface area contributed by atoms with Crippen LogP contribution >= 0.6 is 0 Å². The molecule has 1 fully saturated rings. The van der Waals surface area contributed by atoms with Gasteiger partial charge in [0.2, 0.25) is 11.8 Å². The smallest absolute Gasteiger partial charge is 0.229 e. The van der Waals surface area contributed by atoms with E-state index in [0.29, 0.717) is 42.6 Å². The van der Waals surface area contributed by atoms with Crippen molar-refractivity contribution in [2.45, 2.75) is 19.9 Å². The summed E-state index contributed by atoms with van der Waals surface area (Å²) in [5.74, 6) is 1.92. The number of likely N-dealkylation sites (tertiary alicyclic amines) is 1. The molecule has 2 heterocycles. The van der Waals surface area contributed by atoms with Crippen LogP contribution in [0, 0.1) is 5.92 Å². The number of amides is 2. The summed E-state index contributed by atoms with van der Waals surface area (Å²) in [5, 5.41) is 2.91. The molecule has 1 aliphatic heterocycles. The number of ether oxygens (including phenoxy) is 2. The molecule has 7 heteroatoms. The third kappa shape index (κ3) is 5.06. The van der Waals surface area contributed by atoms with Crippen molar-refractivity contribution in [3.05, 3.63) is 72.7 Å². The topological polar surface area (TPSA) is 81.0 Å². The highest BCUT2D eigenvalue weighted by atomic mass is 16.5. The van der Waals surface area contributed by atoms with E-state index in [1.165, 1.54) is 0 Å². The van der Waals surface area contributed by atoms with Crippen molar-refractivity contribution in [3.63, 3.8) is 0 Å². The molecule has 160 valence electrons. The predicted octanol–water partition coefficient (Wildman–Crippen LogP) is 4.46. The van der Waals surface area contributed by atoms with Crippen molar-refractivity contribution in [1.82, 2.24) is 4.90 Å². The average Bonchev–Trinajstić information content (AvgIpc) is 3.41. The molecule has 1 unspecified atom stereocenters. The zero-order valence-corrected chi connectivity index (χ0v) is 17.2. The third-order valence-corrected chi connectivity index (χ3v) is 5.02. The van der Waals surface area contributed by atoms with Crippen molar-refractivity contribution in [2.75, 3.05) is 18.5 Å². The summed E-state index contributed by atoms with van der Waals surface area (Å²) in [6.45, 7) is 3.25. The minimum absolute atomic E-state index is 0.0597. The zero-order valence-electron chi connectivity index (χ0n) is 17.2. The molecule has 1 aromatic heterocycles. The molecule has 2 aromatic carbocycles. The first-order valence-corrected chi connectivity index (χ1v) is 10.2. The van der Waals surface area contributed by atoms with Crippen molar-refractivity contribution >= 4 is 17.5 Å². The predicted molar refractivity (Wildman–Crippen MR) is 115 cm³/mol. The fourth-order valence-electron chi connectivity index (χ4n) is 3.48. The molecule has 0 spiro atoms. The van der Waals surface area contributed by atoms with Crippen molar-refractivity contribution in [2.24, 2.45) is 5.92 Å². The SMILES string of the molecule is CCOc1ccc(Oc2ccccc2NC(=O)C2CC(=O)N(Cc3ccco3)C2)cc1. The molecule has 0 saturated carbocycles. The highest BCUT2D eigenvalue weighted by molar-refractivity contribution is 5.98. The standard InChI is InChI=1S/C24H24N2O5/c1-2-29-18-9-11-19(12-10-18)31-22-8-4-3-7-21(22)25-24(28)17-14-23(27)26(15-17)16-20-6-5-13-30-20/h3-13,17H,2,14-16H2,1H3,(H,25,28). The van der Waals surface area contributed by atoms with Gasteiger partial charge in [-0.05, 0) is 55.5 Å².